The number of nitrogens with zero attached hydrogens (tertiary/aromatic N) is 2. The van der Waals surface area contributed by atoms with Gasteiger partial charge >= 0.3 is 0 Å². The number of rotatable bonds is 7. The summed E-state index contributed by atoms with van der Waals surface area (Å²) < 4.78 is 7.36. The molecule has 4 heteroatoms. The Morgan fingerprint density at radius 2 is 2.21 bits per heavy atom. The molecule has 0 amide bonds. The van der Waals surface area contributed by atoms with Crippen LogP contribution < -0.4 is 5.32 Å². The SMILES string of the molecule is COCC(C)n1ccnc1NCCC1CCCCC1. The Hall–Kier alpha value is -1.03. The Morgan fingerprint density at radius 1 is 1.42 bits per heavy atom. The van der Waals surface area contributed by atoms with Crippen LogP contribution in [0.5, 0.6) is 0 Å². The molecule has 1 heterocycles. The number of hydrogen-bond donors (Lipinski definition) is 1. The maximum atomic E-state index is 5.21. The van der Waals surface area contributed by atoms with Crippen LogP contribution in [0.3, 0.4) is 0 Å². The van der Waals surface area contributed by atoms with Crippen molar-refractivity contribution in [3.8, 4) is 0 Å². The minimum absolute atomic E-state index is 0.324. The van der Waals surface area contributed by atoms with E-state index in [0.29, 0.717) is 12.6 Å². The molecule has 2 rings (SSSR count). The molecule has 1 unspecified atom stereocenters. The lowest BCUT2D eigenvalue weighted by atomic mass is 9.87. The molecule has 1 aromatic rings. The lowest BCUT2D eigenvalue weighted by Gasteiger charge is -2.22. The summed E-state index contributed by atoms with van der Waals surface area (Å²) in [6.45, 7) is 3.90. The van der Waals surface area contributed by atoms with Gasteiger partial charge in [0.15, 0.2) is 0 Å². The molecular weight excluding hydrogens is 238 g/mol. The number of nitrogens with one attached hydrogen (secondary N) is 1. The van der Waals surface area contributed by atoms with Gasteiger partial charge in [0.2, 0.25) is 5.95 Å². The van der Waals surface area contributed by atoms with E-state index < -0.39 is 0 Å². The summed E-state index contributed by atoms with van der Waals surface area (Å²) in [6, 6.07) is 0.324. The summed E-state index contributed by atoms with van der Waals surface area (Å²) in [6.07, 6.45) is 12.2. The molecule has 0 saturated heterocycles. The molecular formula is C15H27N3O. The number of ether oxygens (including phenoxy) is 1. The first-order valence-corrected chi connectivity index (χ1v) is 7.57. The molecule has 1 atom stereocenters. The summed E-state index contributed by atoms with van der Waals surface area (Å²) in [5, 5.41) is 3.48. The van der Waals surface area contributed by atoms with E-state index in [4.69, 9.17) is 4.74 Å². The first-order chi connectivity index (χ1) is 9.31. The van der Waals surface area contributed by atoms with Gasteiger partial charge in [-0.05, 0) is 19.3 Å². The predicted molar refractivity (Wildman–Crippen MR) is 78.5 cm³/mol. The minimum atomic E-state index is 0.324. The first-order valence-electron chi connectivity index (χ1n) is 7.57. The van der Waals surface area contributed by atoms with Crippen LogP contribution in [-0.2, 0) is 4.74 Å². The van der Waals surface area contributed by atoms with E-state index in [1.807, 2.05) is 12.4 Å². The van der Waals surface area contributed by atoms with Gasteiger partial charge in [0, 0.05) is 26.0 Å². The maximum absolute atomic E-state index is 5.21. The molecule has 19 heavy (non-hydrogen) atoms. The third kappa shape index (κ3) is 4.23. The number of anilines is 1. The second kappa shape index (κ2) is 7.53. The lowest BCUT2D eigenvalue weighted by molar-refractivity contribution is 0.163. The zero-order valence-electron chi connectivity index (χ0n) is 12.3. The Bertz CT molecular complexity index is 358. The van der Waals surface area contributed by atoms with Gasteiger partial charge < -0.3 is 14.6 Å². The van der Waals surface area contributed by atoms with Gasteiger partial charge in [-0.3, -0.25) is 0 Å². The molecule has 1 aliphatic rings. The first kappa shape index (κ1) is 14.4. The Balaban J connectivity index is 1.77. The van der Waals surface area contributed by atoms with Crippen molar-refractivity contribution in [1.29, 1.82) is 0 Å². The quantitative estimate of drug-likeness (QED) is 0.820. The lowest BCUT2D eigenvalue weighted by Crippen LogP contribution is -2.17. The molecule has 0 aliphatic heterocycles. The van der Waals surface area contributed by atoms with E-state index in [2.05, 4.69) is 21.8 Å². The van der Waals surface area contributed by atoms with Crippen LogP contribution in [0.1, 0.15) is 51.5 Å². The zero-order chi connectivity index (χ0) is 13.5. The van der Waals surface area contributed by atoms with Gasteiger partial charge in [-0.25, -0.2) is 4.98 Å². The van der Waals surface area contributed by atoms with Crippen LogP contribution in [0.4, 0.5) is 5.95 Å². The van der Waals surface area contributed by atoms with E-state index in [1.54, 1.807) is 7.11 Å². The summed E-state index contributed by atoms with van der Waals surface area (Å²) in [5.74, 6) is 1.89. The average molecular weight is 265 g/mol. The molecule has 1 fully saturated rings. The highest BCUT2D eigenvalue weighted by Gasteiger charge is 2.14. The van der Waals surface area contributed by atoms with Gasteiger partial charge in [-0.15, -0.1) is 0 Å². The van der Waals surface area contributed by atoms with Gasteiger partial charge in [0.25, 0.3) is 0 Å². The van der Waals surface area contributed by atoms with Crippen LogP contribution in [0.25, 0.3) is 0 Å². The smallest absolute Gasteiger partial charge is 0.203 e. The standard InChI is InChI=1S/C15H27N3O/c1-13(12-19-2)18-11-10-17-15(18)16-9-8-14-6-4-3-5-7-14/h10-11,13-14H,3-9,12H2,1-2H3,(H,16,17). The van der Waals surface area contributed by atoms with Crippen molar-refractivity contribution in [3.05, 3.63) is 12.4 Å². The third-order valence-electron chi connectivity index (χ3n) is 4.11. The van der Waals surface area contributed by atoms with E-state index >= 15 is 0 Å². The second-order valence-corrected chi connectivity index (χ2v) is 5.68. The molecule has 1 aromatic heterocycles. The summed E-state index contributed by atoms with van der Waals surface area (Å²) in [4.78, 5) is 4.40. The van der Waals surface area contributed by atoms with Crippen LogP contribution in [-0.4, -0.2) is 29.8 Å². The van der Waals surface area contributed by atoms with Crippen LogP contribution in [0, 0.1) is 5.92 Å². The highest BCUT2D eigenvalue weighted by molar-refractivity contribution is 5.26. The fraction of sp³-hybridized carbons (Fsp3) is 0.800. The maximum Gasteiger partial charge on any atom is 0.203 e. The molecule has 1 N–H and O–H groups in total. The molecule has 0 radical (unpaired) electrons. The van der Waals surface area contributed by atoms with Crippen molar-refractivity contribution >= 4 is 5.95 Å². The highest BCUT2D eigenvalue weighted by Crippen LogP contribution is 2.26. The molecule has 1 aliphatic carbocycles. The number of imidazole rings is 1. The highest BCUT2D eigenvalue weighted by atomic mass is 16.5. The van der Waals surface area contributed by atoms with Crippen molar-refractivity contribution in [1.82, 2.24) is 9.55 Å². The fourth-order valence-electron chi connectivity index (χ4n) is 2.99. The zero-order valence-corrected chi connectivity index (χ0v) is 12.3. The summed E-state index contributed by atoms with van der Waals surface area (Å²) >= 11 is 0. The van der Waals surface area contributed by atoms with Crippen LogP contribution in [0.2, 0.25) is 0 Å². The van der Waals surface area contributed by atoms with E-state index in [1.165, 1.54) is 38.5 Å². The van der Waals surface area contributed by atoms with Crippen molar-refractivity contribution in [2.45, 2.75) is 51.5 Å². The van der Waals surface area contributed by atoms with Gasteiger partial charge in [-0.1, -0.05) is 32.1 Å². The van der Waals surface area contributed by atoms with Gasteiger partial charge in [0.1, 0.15) is 0 Å². The second-order valence-electron chi connectivity index (χ2n) is 5.68. The third-order valence-corrected chi connectivity index (χ3v) is 4.11. The topological polar surface area (TPSA) is 39.1 Å². The Kier molecular flexibility index (Phi) is 5.70. The Labute approximate surface area is 116 Å². The van der Waals surface area contributed by atoms with E-state index in [-0.39, 0.29) is 0 Å². The normalized spacial score (nSPS) is 18.4. The predicted octanol–water partition coefficient (Wildman–Crippen LogP) is 3.47. The number of methoxy groups -OCH3 is 1. The number of hydrogen-bond acceptors (Lipinski definition) is 3. The molecule has 1 saturated carbocycles. The summed E-state index contributed by atoms with van der Waals surface area (Å²) in [5.41, 5.74) is 0. The number of aromatic nitrogens is 2. The van der Waals surface area contributed by atoms with Crippen molar-refractivity contribution in [3.63, 3.8) is 0 Å². The largest absolute Gasteiger partial charge is 0.383 e. The van der Waals surface area contributed by atoms with Crippen molar-refractivity contribution in [2.24, 2.45) is 5.92 Å². The van der Waals surface area contributed by atoms with Crippen LogP contribution >= 0.6 is 0 Å². The van der Waals surface area contributed by atoms with Crippen molar-refractivity contribution < 1.29 is 4.74 Å². The van der Waals surface area contributed by atoms with Gasteiger partial charge in [-0.2, -0.15) is 0 Å². The van der Waals surface area contributed by atoms with E-state index in [9.17, 15) is 0 Å². The molecule has 108 valence electrons. The van der Waals surface area contributed by atoms with E-state index in [0.717, 1.165) is 18.4 Å². The monoisotopic (exact) mass is 265 g/mol. The average Bonchev–Trinajstić information content (AvgIpc) is 2.89. The molecule has 4 nitrogen and oxygen atoms in total. The molecule has 0 spiro atoms. The molecule has 0 bridgehead atoms. The minimum Gasteiger partial charge on any atom is -0.383 e. The summed E-state index contributed by atoms with van der Waals surface area (Å²) in [7, 11) is 1.74. The van der Waals surface area contributed by atoms with Gasteiger partial charge in [0.05, 0.1) is 12.6 Å². The van der Waals surface area contributed by atoms with Crippen molar-refractivity contribution in [2.75, 3.05) is 25.6 Å². The fourth-order valence-corrected chi connectivity index (χ4v) is 2.99. The van der Waals surface area contributed by atoms with Crippen LogP contribution in [0.15, 0.2) is 12.4 Å². The molecule has 0 aromatic carbocycles. The Morgan fingerprint density at radius 3 is 2.95 bits per heavy atom.